The van der Waals surface area contributed by atoms with Gasteiger partial charge in [0.25, 0.3) is 0 Å². The van der Waals surface area contributed by atoms with E-state index in [1.807, 2.05) is 59.5 Å². The number of nitrogens with zero attached hydrogens (tertiary/aromatic N) is 3. The number of piperazine rings is 1. The van der Waals surface area contributed by atoms with Crippen molar-refractivity contribution in [2.24, 2.45) is 4.99 Å². The summed E-state index contributed by atoms with van der Waals surface area (Å²) in [7, 11) is 1.70. The maximum atomic E-state index is 12.5. The van der Waals surface area contributed by atoms with Crippen molar-refractivity contribution in [1.82, 2.24) is 15.5 Å². The molecule has 0 unspecified atom stereocenters. The summed E-state index contributed by atoms with van der Waals surface area (Å²) in [6.45, 7) is 3.94. The highest BCUT2D eigenvalue weighted by Gasteiger charge is 2.21. The molecule has 2 N–H and O–H groups in total. The molecular weight excluding hydrogens is 501 g/mol. The zero-order valence-corrected chi connectivity index (χ0v) is 19.6. The molecule has 2 aromatic rings. The Morgan fingerprint density at radius 3 is 2.28 bits per heavy atom. The van der Waals surface area contributed by atoms with E-state index in [0.717, 1.165) is 29.4 Å². The van der Waals surface area contributed by atoms with Gasteiger partial charge in [-0.25, -0.2) is 0 Å². The number of amides is 1. The quantitative estimate of drug-likeness (QED) is 0.357. The van der Waals surface area contributed by atoms with Gasteiger partial charge in [-0.3, -0.25) is 9.79 Å². The second kappa shape index (κ2) is 11.9. The van der Waals surface area contributed by atoms with E-state index in [9.17, 15) is 4.79 Å². The van der Waals surface area contributed by atoms with Crippen molar-refractivity contribution < 1.29 is 4.79 Å². The molecule has 1 heterocycles. The SMILES string of the molecule is CN=C(NCC(=O)N1CCN(c2ccc(Cl)cc2)CC1)NCc1ccccc1.I. The summed E-state index contributed by atoms with van der Waals surface area (Å²) in [5, 5.41) is 7.07. The fourth-order valence-electron chi connectivity index (χ4n) is 3.14. The van der Waals surface area contributed by atoms with Crippen LogP contribution >= 0.6 is 35.6 Å². The second-order valence-electron chi connectivity index (χ2n) is 6.61. The first-order chi connectivity index (χ1) is 13.7. The minimum Gasteiger partial charge on any atom is -0.368 e. The van der Waals surface area contributed by atoms with Gasteiger partial charge in [-0.15, -0.1) is 24.0 Å². The topological polar surface area (TPSA) is 60.0 Å². The van der Waals surface area contributed by atoms with Crippen molar-refractivity contribution in [1.29, 1.82) is 0 Å². The summed E-state index contributed by atoms with van der Waals surface area (Å²) in [6, 6.07) is 17.9. The molecular formula is C21H27ClIN5O. The van der Waals surface area contributed by atoms with Gasteiger partial charge in [0.1, 0.15) is 0 Å². The fourth-order valence-corrected chi connectivity index (χ4v) is 3.27. The van der Waals surface area contributed by atoms with Crippen molar-refractivity contribution in [3.05, 3.63) is 65.2 Å². The van der Waals surface area contributed by atoms with Crippen molar-refractivity contribution in [3.63, 3.8) is 0 Å². The molecule has 1 saturated heterocycles. The highest BCUT2D eigenvalue weighted by Crippen LogP contribution is 2.19. The molecule has 0 aliphatic carbocycles. The standard InChI is InChI=1S/C21H26ClN5O.HI/c1-23-21(24-15-17-5-3-2-4-6-17)25-16-20(28)27-13-11-26(12-14-27)19-9-7-18(22)8-10-19;/h2-10H,11-16H2,1H3,(H2,23,24,25);1H. The summed E-state index contributed by atoms with van der Waals surface area (Å²) < 4.78 is 0. The number of hydrogen-bond donors (Lipinski definition) is 2. The number of hydrogen-bond acceptors (Lipinski definition) is 3. The average Bonchev–Trinajstić information content (AvgIpc) is 2.75. The Balaban J connectivity index is 0.00000300. The Hall–Kier alpha value is -2.00. The van der Waals surface area contributed by atoms with Crippen molar-refractivity contribution >= 4 is 53.1 Å². The molecule has 2 aromatic carbocycles. The highest BCUT2D eigenvalue weighted by molar-refractivity contribution is 14.0. The lowest BCUT2D eigenvalue weighted by atomic mass is 10.2. The van der Waals surface area contributed by atoms with Crippen LogP contribution in [-0.2, 0) is 11.3 Å². The monoisotopic (exact) mass is 527 g/mol. The van der Waals surface area contributed by atoms with E-state index in [4.69, 9.17) is 11.6 Å². The Morgan fingerprint density at radius 2 is 1.66 bits per heavy atom. The number of nitrogens with one attached hydrogen (secondary N) is 2. The molecule has 0 spiro atoms. The predicted molar refractivity (Wildman–Crippen MR) is 130 cm³/mol. The maximum Gasteiger partial charge on any atom is 0.242 e. The Morgan fingerprint density at radius 1 is 1.00 bits per heavy atom. The van der Waals surface area contributed by atoms with Gasteiger partial charge in [0, 0.05) is 50.5 Å². The summed E-state index contributed by atoms with van der Waals surface area (Å²) in [4.78, 5) is 20.9. The molecule has 3 rings (SSSR count). The van der Waals surface area contributed by atoms with Crippen LogP contribution in [0, 0.1) is 0 Å². The van der Waals surface area contributed by atoms with Gasteiger partial charge in [-0.1, -0.05) is 41.9 Å². The first kappa shape index (κ1) is 23.3. The van der Waals surface area contributed by atoms with Gasteiger partial charge in [-0.05, 0) is 29.8 Å². The van der Waals surface area contributed by atoms with Crippen molar-refractivity contribution in [2.75, 3.05) is 44.7 Å². The molecule has 1 amide bonds. The Kier molecular flexibility index (Phi) is 9.53. The molecule has 0 atom stereocenters. The molecule has 1 aliphatic heterocycles. The van der Waals surface area contributed by atoms with Crippen LogP contribution in [0.5, 0.6) is 0 Å². The molecule has 1 fully saturated rings. The zero-order chi connectivity index (χ0) is 19.8. The Labute approximate surface area is 194 Å². The van der Waals surface area contributed by atoms with E-state index >= 15 is 0 Å². The van der Waals surface area contributed by atoms with Crippen LogP contribution < -0.4 is 15.5 Å². The molecule has 8 heteroatoms. The molecule has 0 bridgehead atoms. The Bertz CT molecular complexity index is 792. The first-order valence-corrected chi connectivity index (χ1v) is 9.80. The second-order valence-corrected chi connectivity index (χ2v) is 7.05. The average molecular weight is 528 g/mol. The van der Waals surface area contributed by atoms with Gasteiger partial charge in [-0.2, -0.15) is 0 Å². The van der Waals surface area contributed by atoms with E-state index < -0.39 is 0 Å². The summed E-state index contributed by atoms with van der Waals surface area (Å²) in [5.41, 5.74) is 2.30. The summed E-state index contributed by atoms with van der Waals surface area (Å²) >= 11 is 5.95. The van der Waals surface area contributed by atoms with E-state index in [-0.39, 0.29) is 36.4 Å². The number of guanidine groups is 1. The van der Waals surface area contributed by atoms with E-state index in [1.54, 1.807) is 7.05 Å². The third kappa shape index (κ3) is 7.08. The van der Waals surface area contributed by atoms with Crippen molar-refractivity contribution in [3.8, 4) is 0 Å². The van der Waals surface area contributed by atoms with Crippen LogP contribution in [0.4, 0.5) is 5.69 Å². The highest BCUT2D eigenvalue weighted by atomic mass is 127. The van der Waals surface area contributed by atoms with Crippen LogP contribution in [0.2, 0.25) is 5.02 Å². The van der Waals surface area contributed by atoms with Crippen LogP contribution in [0.1, 0.15) is 5.56 Å². The molecule has 0 saturated carbocycles. The number of anilines is 1. The molecule has 29 heavy (non-hydrogen) atoms. The van der Waals surface area contributed by atoms with E-state index in [1.165, 1.54) is 0 Å². The number of carbonyl (C=O) groups excluding carboxylic acids is 1. The number of aliphatic imine (C=N–C) groups is 1. The fraction of sp³-hybridized carbons (Fsp3) is 0.333. The number of benzene rings is 2. The minimum atomic E-state index is 0. The van der Waals surface area contributed by atoms with Crippen LogP contribution in [0.15, 0.2) is 59.6 Å². The molecule has 1 aliphatic rings. The number of halogens is 2. The lowest BCUT2D eigenvalue weighted by molar-refractivity contribution is -0.130. The molecule has 0 radical (unpaired) electrons. The number of carbonyl (C=O) groups is 1. The normalized spacial score (nSPS) is 14.2. The van der Waals surface area contributed by atoms with Gasteiger partial charge in [0.05, 0.1) is 6.54 Å². The summed E-state index contributed by atoms with van der Waals surface area (Å²) in [5.74, 6) is 0.704. The van der Waals surface area contributed by atoms with Crippen molar-refractivity contribution in [2.45, 2.75) is 6.54 Å². The lowest BCUT2D eigenvalue weighted by Gasteiger charge is -2.36. The predicted octanol–water partition coefficient (Wildman–Crippen LogP) is 2.97. The van der Waals surface area contributed by atoms with Crippen LogP contribution in [-0.4, -0.2) is 56.5 Å². The van der Waals surface area contributed by atoms with Gasteiger partial charge >= 0.3 is 0 Å². The molecule has 0 aromatic heterocycles. The van der Waals surface area contributed by atoms with Crippen LogP contribution in [0.25, 0.3) is 0 Å². The third-order valence-corrected chi connectivity index (χ3v) is 5.01. The third-order valence-electron chi connectivity index (χ3n) is 4.76. The zero-order valence-electron chi connectivity index (χ0n) is 16.5. The van der Waals surface area contributed by atoms with Gasteiger partial charge < -0.3 is 20.4 Å². The minimum absolute atomic E-state index is 0. The van der Waals surface area contributed by atoms with Gasteiger partial charge in [0.15, 0.2) is 5.96 Å². The smallest absolute Gasteiger partial charge is 0.242 e. The summed E-state index contributed by atoms with van der Waals surface area (Å²) in [6.07, 6.45) is 0. The molecule has 6 nitrogen and oxygen atoms in total. The molecule has 156 valence electrons. The van der Waals surface area contributed by atoms with Crippen LogP contribution in [0.3, 0.4) is 0 Å². The first-order valence-electron chi connectivity index (χ1n) is 9.42. The maximum absolute atomic E-state index is 12.5. The van der Waals surface area contributed by atoms with E-state index in [0.29, 0.717) is 25.6 Å². The largest absolute Gasteiger partial charge is 0.368 e. The van der Waals surface area contributed by atoms with E-state index in [2.05, 4.69) is 20.5 Å². The van der Waals surface area contributed by atoms with Gasteiger partial charge in [0.2, 0.25) is 5.91 Å². The lowest BCUT2D eigenvalue weighted by Crippen LogP contribution is -2.52. The number of rotatable bonds is 5.